The van der Waals surface area contributed by atoms with Gasteiger partial charge in [-0.2, -0.15) is 0 Å². The van der Waals surface area contributed by atoms with E-state index in [1.54, 1.807) is 20.3 Å². The minimum Gasteiger partial charge on any atom is -0.493 e. The molecule has 1 saturated heterocycles. The van der Waals surface area contributed by atoms with Crippen molar-refractivity contribution in [3.63, 3.8) is 0 Å². The first-order valence-corrected chi connectivity index (χ1v) is 10.9. The average molecular weight is 453 g/mol. The van der Waals surface area contributed by atoms with E-state index in [2.05, 4.69) is 20.2 Å². The molecule has 0 saturated carbocycles. The fourth-order valence-electron chi connectivity index (χ4n) is 4.01. The zero-order chi connectivity index (χ0) is 23.2. The van der Waals surface area contributed by atoms with Gasteiger partial charge in [0.1, 0.15) is 17.8 Å². The van der Waals surface area contributed by atoms with Crippen LogP contribution in [-0.2, 0) is 6.42 Å². The van der Waals surface area contributed by atoms with Crippen molar-refractivity contribution in [2.24, 2.45) is 0 Å². The Morgan fingerprint density at radius 3 is 2.42 bits per heavy atom. The van der Waals surface area contributed by atoms with Gasteiger partial charge in [-0.05, 0) is 36.2 Å². The largest absolute Gasteiger partial charge is 0.493 e. The van der Waals surface area contributed by atoms with Gasteiger partial charge in [-0.15, -0.1) is 0 Å². The molecule has 2 heterocycles. The molecule has 9 heteroatoms. The molecule has 1 fully saturated rings. The predicted octanol–water partition coefficient (Wildman–Crippen LogP) is 3.20. The van der Waals surface area contributed by atoms with Gasteiger partial charge in [0.2, 0.25) is 0 Å². The monoisotopic (exact) mass is 452 g/mol. The zero-order valence-electron chi connectivity index (χ0n) is 18.9. The first kappa shape index (κ1) is 22.4. The molecule has 0 aliphatic carbocycles. The van der Waals surface area contributed by atoms with E-state index in [0.29, 0.717) is 67.2 Å². The number of anilines is 4. The standard InChI is InChI=1S/C24H29FN6O2/c1-32-20-8-7-17(15-21(20)33-2)9-10-27-23-22(26)24(29-16-28-23)31-13-11-30(12-14-31)19-6-4-3-5-18(19)25/h3-8,15-16H,9-14,26H2,1-2H3,(H,27,28,29). The molecule has 0 spiro atoms. The van der Waals surface area contributed by atoms with Crippen molar-refractivity contribution in [1.29, 1.82) is 0 Å². The zero-order valence-corrected chi connectivity index (χ0v) is 18.9. The van der Waals surface area contributed by atoms with Gasteiger partial charge in [0.05, 0.1) is 19.9 Å². The number of nitrogens with zero attached hydrogens (tertiary/aromatic N) is 4. The van der Waals surface area contributed by atoms with E-state index in [-0.39, 0.29) is 5.82 Å². The van der Waals surface area contributed by atoms with Gasteiger partial charge in [0, 0.05) is 32.7 Å². The normalized spacial score (nSPS) is 13.7. The third-order valence-corrected chi connectivity index (χ3v) is 5.79. The summed E-state index contributed by atoms with van der Waals surface area (Å²) < 4.78 is 24.8. The highest BCUT2D eigenvalue weighted by Gasteiger charge is 2.22. The summed E-state index contributed by atoms with van der Waals surface area (Å²) in [7, 11) is 3.24. The fourth-order valence-corrected chi connectivity index (χ4v) is 4.01. The van der Waals surface area contributed by atoms with Crippen LogP contribution in [0.3, 0.4) is 0 Å². The molecule has 1 aliphatic heterocycles. The van der Waals surface area contributed by atoms with Crippen LogP contribution in [0.15, 0.2) is 48.8 Å². The maximum absolute atomic E-state index is 14.1. The van der Waals surface area contributed by atoms with Crippen molar-refractivity contribution in [2.75, 3.05) is 67.8 Å². The number of hydrogen-bond acceptors (Lipinski definition) is 8. The quantitative estimate of drug-likeness (QED) is 0.539. The van der Waals surface area contributed by atoms with Crippen molar-refractivity contribution < 1.29 is 13.9 Å². The lowest BCUT2D eigenvalue weighted by molar-refractivity contribution is 0.354. The second kappa shape index (κ2) is 10.2. The highest BCUT2D eigenvalue weighted by molar-refractivity contribution is 5.75. The molecule has 33 heavy (non-hydrogen) atoms. The minimum atomic E-state index is -0.200. The average Bonchev–Trinajstić information content (AvgIpc) is 2.85. The van der Waals surface area contributed by atoms with Gasteiger partial charge in [-0.25, -0.2) is 14.4 Å². The Bertz CT molecular complexity index is 1090. The van der Waals surface area contributed by atoms with E-state index in [1.807, 2.05) is 35.2 Å². The summed E-state index contributed by atoms with van der Waals surface area (Å²) in [4.78, 5) is 12.9. The molecule has 1 aromatic heterocycles. The Morgan fingerprint density at radius 1 is 0.970 bits per heavy atom. The van der Waals surface area contributed by atoms with Gasteiger partial charge in [-0.3, -0.25) is 0 Å². The Kier molecular flexibility index (Phi) is 6.97. The van der Waals surface area contributed by atoms with Gasteiger partial charge in [0.15, 0.2) is 23.1 Å². The van der Waals surface area contributed by atoms with E-state index >= 15 is 0 Å². The molecular weight excluding hydrogens is 423 g/mol. The summed E-state index contributed by atoms with van der Waals surface area (Å²) in [5, 5.41) is 3.31. The lowest BCUT2D eigenvalue weighted by Gasteiger charge is -2.37. The number of nitrogens with one attached hydrogen (secondary N) is 1. The van der Waals surface area contributed by atoms with Gasteiger partial charge in [-0.1, -0.05) is 18.2 Å². The van der Waals surface area contributed by atoms with Crippen LogP contribution >= 0.6 is 0 Å². The molecule has 0 bridgehead atoms. The molecule has 174 valence electrons. The number of piperazine rings is 1. The maximum Gasteiger partial charge on any atom is 0.160 e. The number of hydrogen-bond donors (Lipinski definition) is 2. The summed E-state index contributed by atoms with van der Waals surface area (Å²) >= 11 is 0. The number of ether oxygens (including phenoxy) is 2. The topological polar surface area (TPSA) is 88.8 Å². The van der Waals surface area contributed by atoms with Crippen LogP contribution in [0, 0.1) is 5.82 Å². The van der Waals surface area contributed by atoms with Crippen LogP contribution in [-0.4, -0.2) is 56.9 Å². The third kappa shape index (κ3) is 5.02. The number of nitrogen functional groups attached to an aromatic ring is 1. The molecule has 3 aromatic rings. The molecular formula is C24H29FN6O2. The Balaban J connectivity index is 1.37. The van der Waals surface area contributed by atoms with E-state index in [0.717, 1.165) is 12.0 Å². The number of rotatable bonds is 8. The highest BCUT2D eigenvalue weighted by Crippen LogP contribution is 2.30. The highest BCUT2D eigenvalue weighted by atomic mass is 19.1. The van der Waals surface area contributed by atoms with Crippen molar-refractivity contribution in [1.82, 2.24) is 9.97 Å². The van der Waals surface area contributed by atoms with Crippen LogP contribution < -0.4 is 30.3 Å². The molecule has 1 aliphatic rings. The summed E-state index contributed by atoms with van der Waals surface area (Å²) in [6, 6.07) is 12.7. The lowest BCUT2D eigenvalue weighted by atomic mass is 10.1. The van der Waals surface area contributed by atoms with Gasteiger partial charge < -0.3 is 30.3 Å². The smallest absolute Gasteiger partial charge is 0.160 e. The molecule has 3 N–H and O–H groups in total. The Labute approximate surface area is 193 Å². The van der Waals surface area contributed by atoms with Gasteiger partial charge in [0.25, 0.3) is 0 Å². The molecule has 2 aromatic carbocycles. The van der Waals surface area contributed by atoms with E-state index in [4.69, 9.17) is 15.2 Å². The lowest BCUT2D eigenvalue weighted by Crippen LogP contribution is -2.47. The van der Waals surface area contributed by atoms with Crippen molar-refractivity contribution in [3.8, 4) is 11.5 Å². The molecule has 8 nitrogen and oxygen atoms in total. The second-order valence-electron chi connectivity index (χ2n) is 7.75. The maximum atomic E-state index is 14.1. The van der Waals surface area contributed by atoms with E-state index in [1.165, 1.54) is 12.4 Å². The molecule has 0 unspecified atom stereocenters. The fraction of sp³-hybridized carbons (Fsp3) is 0.333. The van der Waals surface area contributed by atoms with Gasteiger partial charge >= 0.3 is 0 Å². The number of para-hydroxylation sites is 1. The SMILES string of the molecule is COc1ccc(CCNc2ncnc(N3CCN(c4ccccc4F)CC3)c2N)cc1OC. The second-order valence-corrected chi connectivity index (χ2v) is 7.75. The van der Waals surface area contributed by atoms with Crippen LogP contribution in [0.25, 0.3) is 0 Å². The molecule has 0 amide bonds. The van der Waals surface area contributed by atoms with Crippen molar-refractivity contribution >= 4 is 23.0 Å². The molecule has 0 atom stereocenters. The predicted molar refractivity (Wildman–Crippen MR) is 129 cm³/mol. The van der Waals surface area contributed by atoms with E-state index < -0.39 is 0 Å². The van der Waals surface area contributed by atoms with E-state index in [9.17, 15) is 4.39 Å². The number of nitrogens with two attached hydrogens (primary N) is 1. The summed E-state index contributed by atoms with van der Waals surface area (Å²) in [6.45, 7) is 3.41. The summed E-state index contributed by atoms with van der Waals surface area (Å²) in [5.74, 6) is 2.51. The minimum absolute atomic E-state index is 0.200. The number of aromatic nitrogens is 2. The van der Waals surface area contributed by atoms with Crippen LogP contribution in [0.5, 0.6) is 11.5 Å². The summed E-state index contributed by atoms with van der Waals surface area (Å²) in [6.07, 6.45) is 2.29. The first-order valence-electron chi connectivity index (χ1n) is 10.9. The van der Waals surface area contributed by atoms with Crippen molar-refractivity contribution in [2.45, 2.75) is 6.42 Å². The number of benzene rings is 2. The number of halogens is 1. The Morgan fingerprint density at radius 2 is 1.70 bits per heavy atom. The Hall–Kier alpha value is -3.75. The van der Waals surface area contributed by atoms with Crippen LogP contribution in [0.1, 0.15) is 5.56 Å². The van der Waals surface area contributed by atoms with Crippen molar-refractivity contribution in [3.05, 3.63) is 60.2 Å². The third-order valence-electron chi connectivity index (χ3n) is 5.79. The van der Waals surface area contributed by atoms with Crippen LogP contribution in [0.4, 0.5) is 27.4 Å². The molecule has 4 rings (SSSR count). The number of methoxy groups -OCH3 is 2. The van der Waals surface area contributed by atoms with Crippen LogP contribution in [0.2, 0.25) is 0 Å². The molecule has 0 radical (unpaired) electrons. The summed E-state index contributed by atoms with van der Waals surface area (Å²) in [5.41, 5.74) is 8.66. The first-order chi connectivity index (χ1) is 16.1.